The van der Waals surface area contributed by atoms with Gasteiger partial charge in [0.05, 0.1) is 11.3 Å². The highest BCUT2D eigenvalue weighted by Crippen LogP contribution is 2.29. The fourth-order valence-corrected chi connectivity index (χ4v) is 3.65. The third-order valence-corrected chi connectivity index (χ3v) is 6.47. The number of carbonyl (C=O) groups excluding carboxylic acids is 2. The number of hydrogen-bond acceptors (Lipinski definition) is 4. The maximum atomic E-state index is 12.6. The molecule has 1 N–H and O–H groups in total. The van der Waals surface area contributed by atoms with Gasteiger partial charge in [-0.2, -0.15) is 13.2 Å². The largest absolute Gasteiger partial charge is 0.416 e. The molecule has 10 heteroatoms. The van der Waals surface area contributed by atoms with Crippen LogP contribution in [0.25, 0.3) is 0 Å². The number of carbonyl (C=O) groups is 2. The lowest BCUT2D eigenvalue weighted by Crippen LogP contribution is -2.43. The summed E-state index contributed by atoms with van der Waals surface area (Å²) < 4.78 is 60.7. The molecule has 1 aliphatic heterocycles. The summed E-state index contributed by atoms with van der Waals surface area (Å²) in [7, 11) is -3.15. The van der Waals surface area contributed by atoms with E-state index in [0.717, 1.165) is 24.3 Å². The Morgan fingerprint density at radius 3 is 2.21 bits per heavy atom. The molecule has 2 rings (SSSR count). The smallest absolute Gasteiger partial charge is 0.355 e. The van der Waals surface area contributed by atoms with Gasteiger partial charge in [0.25, 0.3) is 5.91 Å². The summed E-state index contributed by atoms with van der Waals surface area (Å²) in [6.07, 6.45) is -3.62. The molecule has 0 spiro atoms. The molecule has 0 aliphatic carbocycles. The second-order valence-electron chi connectivity index (χ2n) is 6.67. The Morgan fingerprint density at radius 1 is 1.14 bits per heavy atom. The highest BCUT2D eigenvalue weighted by molar-refractivity contribution is 7.91. The average molecular weight is 420 g/mol. The first-order valence-electron chi connectivity index (χ1n) is 8.98. The molecule has 28 heavy (non-hydrogen) atoms. The summed E-state index contributed by atoms with van der Waals surface area (Å²) in [5.74, 6) is -1.02. The Balaban J connectivity index is 1.84. The molecule has 0 bridgehead atoms. The van der Waals surface area contributed by atoms with E-state index >= 15 is 0 Å². The van der Waals surface area contributed by atoms with Gasteiger partial charge < -0.3 is 10.2 Å². The van der Waals surface area contributed by atoms with Gasteiger partial charge in [-0.15, -0.1) is 0 Å². The third-order valence-electron chi connectivity index (χ3n) is 4.76. The van der Waals surface area contributed by atoms with E-state index < -0.39 is 21.6 Å². The summed E-state index contributed by atoms with van der Waals surface area (Å²) in [4.78, 5) is 26.1. The molecule has 1 heterocycles. The van der Waals surface area contributed by atoms with Crippen LogP contribution in [0.2, 0.25) is 0 Å². The quantitative estimate of drug-likeness (QED) is 0.764. The standard InChI is InChI=1S/C18H23F3N2O4S/c1-2-28(26,27)12-9-22-16(24)13-7-10-23(11-8-13)17(25)14-3-5-15(6-4-14)18(19,20)21/h3-6,13H,2,7-12H2,1H3,(H,22,24). The number of piperidine rings is 1. The molecular formula is C18H23F3N2O4S. The van der Waals surface area contributed by atoms with Crippen molar-refractivity contribution in [3.05, 3.63) is 35.4 Å². The monoisotopic (exact) mass is 420 g/mol. The average Bonchev–Trinajstić information content (AvgIpc) is 2.66. The first kappa shape index (κ1) is 22.2. The van der Waals surface area contributed by atoms with Crippen molar-refractivity contribution in [2.75, 3.05) is 31.1 Å². The van der Waals surface area contributed by atoms with E-state index in [1.54, 1.807) is 6.92 Å². The van der Waals surface area contributed by atoms with E-state index in [9.17, 15) is 31.2 Å². The molecule has 1 aromatic rings. The van der Waals surface area contributed by atoms with Crippen molar-refractivity contribution < 1.29 is 31.2 Å². The molecule has 2 amide bonds. The van der Waals surface area contributed by atoms with Gasteiger partial charge in [0.2, 0.25) is 5.91 Å². The van der Waals surface area contributed by atoms with E-state index in [1.165, 1.54) is 4.90 Å². The molecular weight excluding hydrogens is 397 g/mol. The second kappa shape index (κ2) is 8.93. The van der Waals surface area contributed by atoms with Crippen molar-refractivity contribution in [1.29, 1.82) is 0 Å². The first-order valence-corrected chi connectivity index (χ1v) is 10.8. The number of amides is 2. The number of nitrogens with zero attached hydrogens (tertiary/aromatic N) is 1. The maximum Gasteiger partial charge on any atom is 0.416 e. The lowest BCUT2D eigenvalue weighted by atomic mass is 9.95. The van der Waals surface area contributed by atoms with Crippen molar-refractivity contribution in [3.8, 4) is 0 Å². The number of sulfone groups is 1. The van der Waals surface area contributed by atoms with Crippen LogP contribution in [-0.4, -0.2) is 56.3 Å². The van der Waals surface area contributed by atoms with E-state index in [4.69, 9.17) is 0 Å². The maximum absolute atomic E-state index is 12.6. The van der Waals surface area contributed by atoms with Crippen LogP contribution >= 0.6 is 0 Å². The number of hydrogen-bond donors (Lipinski definition) is 1. The van der Waals surface area contributed by atoms with Gasteiger partial charge in [0, 0.05) is 36.9 Å². The highest BCUT2D eigenvalue weighted by Gasteiger charge is 2.31. The molecule has 156 valence electrons. The van der Waals surface area contributed by atoms with Crippen LogP contribution in [0.4, 0.5) is 13.2 Å². The predicted molar refractivity (Wildman–Crippen MR) is 97.4 cm³/mol. The molecule has 1 saturated heterocycles. The zero-order valence-corrected chi connectivity index (χ0v) is 16.3. The number of benzene rings is 1. The van der Waals surface area contributed by atoms with Gasteiger partial charge in [0.15, 0.2) is 9.84 Å². The Kier molecular flexibility index (Phi) is 7.08. The van der Waals surface area contributed by atoms with Gasteiger partial charge in [-0.3, -0.25) is 9.59 Å². The van der Waals surface area contributed by atoms with E-state index in [-0.39, 0.29) is 41.3 Å². The fourth-order valence-electron chi connectivity index (χ4n) is 2.95. The summed E-state index contributed by atoms with van der Waals surface area (Å²) in [5.41, 5.74) is -0.648. The summed E-state index contributed by atoms with van der Waals surface area (Å²) in [6.45, 7) is 2.22. The molecule has 1 aliphatic rings. The van der Waals surface area contributed by atoms with Crippen LogP contribution in [0.3, 0.4) is 0 Å². The van der Waals surface area contributed by atoms with Crippen molar-refractivity contribution >= 4 is 21.7 Å². The minimum atomic E-state index is -4.45. The molecule has 6 nitrogen and oxygen atoms in total. The van der Waals surface area contributed by atoms with E-state index in [2.05, 4.69) is 5.32 Å². The van der Waals surface area contributed by atoms with Crippen molar-refractivity contribution in [2.24, 2.45) is 5.92 Å². The SMILES string of the molecule is CCS(=O)(=O)CCNC(=O)C1CCN(C(=O)c2ccc(C(F)(F)F)cc2)CC1. The van der Waals surface area contributed by atoms with Crippen molar-refractivity contribution in [2.45, 2.75) is 25.9 Å². The number of rotatable bonds is 6. The summed E-state index contributed by atoms with van der Waals surface area (Å²) >= 11 is 0. The van der Waals surface area contributed by atoms with Crippen LogP contribution in [0.5, 0.6) is 0 Å². The Bertz CT molecular complexity index is 799. The summed E-state index contributed by atoms with van der Waals surface area (Å²) in [5, 5.41) is 2.61. The zero-order valence-electron chi connectivity index (χ0n) is 15.5. The first-order chi connectivity index (χ1) is 13.0. The summed E-state index contributed by atoms with van der Waals surface area (Å²) in [6, 6.07) is 4.05. The Labute approximate surface area is 162 Å². The number of likely N-dealkylation sites (tertiary alicyclic amines) is 1. The topological polar surface area (TPSA) is 83.6 Å². The zero-order chi connectivity index (χ0) is 20.9. The molecule has 0 radical (unpaired) electrons. The van der Waals surface area contributed by atoms with Crippen LogP contribution in [-0.2, 0) is 20.8 Å². The van der Waals surface area contributed by atoms with Crippen molar-refractivity contribution in [3.63, 3.8) is 0 Å². The molecule has 0 aromatic heterocycles. The molecule has 0 saturated carbocycles. The third kappa shape index (κ3) is 5.95. The molecule has 0 atom stereocenters. The second-order valence-corrected chi connectivity index (χ2v) is 9.14. The number of alkyl halides is 3. The number of halogens is 3. The lowest BCUT2D eigenvalue weighted by Gasteiger charge is -2.31. The normalized spacial score (nSPS) is 16.1. The lowest BCUT2D eigenvalue weighted by molar-refractivity contribution is -0.137. The predicted octanol–water partition coefficient (Wildman–Crippen LogP) is 2.11. The highest BCUT2D eigenvalue weighted by atomic mass is 32.2. The molecule has 1 fully saturated rings. The van der Waals surface area contributed by atoms with Gasteiger partial charge in [0.1, 0.15) is 0 Å². The van der Waals surface area contributed by atoms with Crippen LogP contribution < -0.4 is 5.32 Å². The van der Waals surface area contributed by atoms with Gasteiger partial charge >= 0.3 is 6.18 Å². The van der Waals surface area contributed by atoms with Gasteiger partial charge in [-0.05, 0) is 37.1 Å². The molecule has 1 aromatic carbocycles. The molecule has 0 unspecified atom stereocenters. The van der Waals surface area contributed by atoms with Crippen molar-refractivity contribution in [1.82, 2.24) is 10.2 Å². The van der Waals surface area contributed by atoms with E-state index in [0.29, 0.717) is 25.9 Å². The van der Waals surface area contributed by atoms with E-state index in [1.807, 2.05) is 0 Å². The number of nitrogens with one attached hydrogen (secondary N) is 1. The minimum Gasteiger partial charge on any atom is -0.355 e. The van der Waals surface area contributed by atoms with Crippen LogP contribution in [0, 0.1) is 5.92 Å². The van der Waals surface area contributed by atoms with Gasteiger partial charge in [-0.1, -0.05) is 6.92 Å². The minimum absolute atomic E-state index is 0.0212. The Morgan fingerprint density at radius 2 is 1.71 bits per heavy atom. The van der Waals surface area contributed by atoms with Gasteiger partial charge in [-0.25, -0.2) is 8.42 Å². The fraction of sp³-hybridized carbons (Fsp3) is 0.556. The van der Waals surface area contributed by atoms with Crippen LogP contribution in [0.1, 0.15) is 35.7 Å². The Hall–Kier alpha value is -2.10. The van der Waals surface area contributed by atoms with Crippen LogP contribution in [0.15, 0.2) is 24.3 Å².